The van der Waals surface area contributed by atoms with E-state index >= 15 is 0 Å². The highest BCUT2D eigenvalue weighted by molar-refractivity contribution is 7.13. The molecule has 4 aromatic rings. The van der Waals surface area contributed by atoms with E-state index in [1.54, 1.807) is 35.7 Å². The molecule has 0 radical (unpaired) electrons. The number of fused-ring (bicyclic) bond motifs is 1. The summed E-state index contributed by atoms with van der Waals surface area (Å²) in [4.78, 5) is 26.7. The van der Waals surface area contributed by atoms with Crippen molar-refractivity contribution in [1.29, 1.82) is 0 Å². The predicted molar refractivity (Wildman–Crippen MR) is 121 cm³/mol. The highest BCUT2D eigenvalue weighted by atomic mass is 32.1. The first-order chi connectivity index (χ1) is 15.6. The number of benzene rings is 2. The molecule has 1 saturated carbocycles. The summed E-state index contributed by atoms with van der Waals surface area (Å²) in [6, 6.07) is 12.5. The fraction of sp³-hybridized carbons (Fsp3) is 0.292. The lowest BCUT2D eigenvalue weighted by atomic mass is 9.78. The molecule has 0 atom stereocenters. The van der Waals surface area contributed by atoms with Crippen LogP contribution in [0.25, 0.3) is 21.6 Å². The van der Waals surface area contributed by atoms with Crippen molar-refractivity contribution in [2.75, 3.05) is 11.4 Å². The van der Waals surface area contributed by atoms with Crippen molar-refractivity contribution < 1.29 is 13.9 Å². The normalized spacial score (nSPS) is 23.2. The maximum Gasteiger partial charge on any atom is 0.415 e. The molecule has 1 aliphatic carbocycles. The van der Waals surface area contributed by atoms with Gasteiger partial charge in [-0.3, -0.25) is 4.90 Å². The molecule has 162 valence electrons. The second-order valence-electron chi connectivity index (χ2n) is 8.55. The molecule has 6 rings (SSSR count). The van der Waals surface area contributed by atoms with Gasteiger partial charge in [0, 0.05) is 23.1 Å². The van der Waals surface area contributed by atoms with E-state index in [2.05, 4.69) is 28.2 Å². The molecule has 0 unspecified atom stereocenters. The minimum absolute atomic E-state index is 0.276. The molecule has 2 aromatic carbocycles. The molecule has 1 aliphatic heterocycles. The monoisotopic (exact) mass is 448 g/mol. The van der Waals surface area contributed by atoms with Crippen LogP contribution in [0.15, 0.2) is 54.0 Å². The van der Waals surface area contributed by atoms with Gasteiger partial charge < -0.3 is 9.72 Å². The number of rotatable bonds is 3. The van der Waals surface area contributed by atoms with E-state index in [0.717, 1.165) is 53.1 Å². The molecule has 1 N–H and O–H groups in total. The quantitative estimate of drug-likeness (QED) is 0.425. The number of para-hydroxylation sites is 1. The summed E-state index contributed by atoms with van der Waals surface area (Å²) in [5.74, 6) is 0.841. The number of thiazole rings is 1. The first kappa shape index (κ1) is 19.4. The number of aromatic amines is 1. The minimum Gasteiger partial charge on any atom is -0.441 e. The standard InChI is InChI=1S/C24H21FN4O2S/c25-17-3-1-2-4-20(17)29-14-24(31-23(29)30)9-7-15(8-10-24)21-27-18-6-5-16(13-19(18)28-21)22-26-11-12-32-22/h1-6,11-13,15H,7-10,14H2,(H,27,28)/t15-,24-. The highest BCUT2D eigenvalue weighted by Gasteiger charge is 2.48. The lowest BCUT2D eigenvalue weighted by Gasteiger charge is -2.34. The second kappa shape index (κ2) is 7.41. The maximum atomic E-state index is 14.2. The molecule has 2 fully saturated rings. The summed E-state index contributed by atoms with van der Waals surface area (Å²) in [5, 5.41) is 2.95. The van der Waals surface area contributed by atoms with Gasteiger partial charge in [0.05, 0.1) is 23.3 Å². The van der Waals surface area contributed by atoms with Gasteiger partial charge in [0.1, 0.15) is 22.3 Å². The molecule has 3 heterocycles. The average molecular weight is 449 g/mol. The Hall–Kier alpha value is -3.26. The SMILES string of the molecule is O=C1O[C@]2(CC[C@H](c3nc4cc(-c5nccs5)ccc4[nH]3)CC2)CN1c1ccccc1F. The maximum absolute atomic E-state index is 14.2. The number of halogens is 1. The number of amides is 1. The number of aromatic nitrogens is 3. The highest BCUT2D eigenvalue weighted by Crippen LogP contribution is 2.44. The number of carbonyl (C=O) groups is 1. The lowest BCUT2D eigenvalue weighted by Crippen LogP contribution is -2.38. The van der Waals surface area contributed by atoms with Crippen LogP contribution in [0.4, 0.5) is 14.9 Å². The van der Waals surface area contributed by atoms with Crippen molar-refractivity contribution in [2.45, 2.75) is 37.2 Å². The molecule has 6 nitrogen and oxygen atoms in total. The van der Waals surface area contributed by atoms with Crippen LogP contribution in [-0.4, -0.2) is 33.2 Å². The van der Waals surface area contributed by atoms with Gasteiger partial charge in [0.15, 0.2) is 0 Å². The smallest absolute Gasteiger partial charge is 0.415 e. The number of H-pyrrole nitrogens is 1. The van der Waals surface area contributed by atoms with Gasteiger partial charge in [-0.2, -0.15) is 0 Å². The average Bonchev–Trinajstić information content (AvgIpc) is 3.53. The number of nitrogens with one attached hydrogen (secondary N) is 1. The Morgan fingerprint density at radius 3 is 2.81 bits per heavy atom. The first-order valence-electron chi connectivity index (χ1n) is 10.7. The van der Waals surface area contributed by atoms with Crippen LogP contribution in [0, 0.1) is 5.82 Å². The topological polar surface area (TPSA) is 71.1 Å². The van der Waals surface area contributed by atoms with Gasteiger partial charge in [-0.05, 0) is 56.0 Å². The minimum atomic E-state index is -0.556. The van der Waals surface area contributed by atoms with Crippen molar-refractivity contribution in [1.82, 2.24) is 15.0 Å². The second-order valence-corrected chi connectivity index (χ2v) is 9.45. The Kier molecular flexibility index (Phi) is 4.50. The summed E-state index contributed by atoms with van der Waals surface area (Å²) in [6.07, 6.45) is 4.52. The number of carbonyl (C=O) groups excluding carboxylic acids is 1. The van der Waals surface area contributed by atoms with Gasteiger partial charge in [0.2, 0.25) is 0 Å². The van der Waals surface area contributed by atoms with Crippen LogP contribution in [0.3, 0.4) is 0 Å². The summed E-state index contributed by atoms with van der Waals surface area (Å²) in [6.45, 7) is 0.386. The molecule has 32 heavy (non-hydrogen) atoms. The van der Waals surface area contributed by atoms with Crippen molar-refractivity contribution >= 4 is 34.2 Å². The zero-order valence-electron chi connectivity index (χ0n) is 17.3. The number of nitrogens with zero attached hydrogens (tertiary/aromatic N) is 3. The van der Waals surface area contributed by atoms with Crippen LogP contribution in [-0.2, 0) is 4.74 Å². The lowest BCUT2D eigenvalue weighted by molar-refractivity contribution is 0.0208. The molecule has 1 spiro atoms. The molecule has 8 heteroatoms. The number of imidazole rings is 1. The van der Waals surface area contributed by atoms with E-state index in [-0.39, 0.29) is 11.6 Å². The Labute approximate surface area is 188 Å². The van der Waals surface area contributed by atoms with Crippen LogP contribution in [0.2, 0.25) is 0 Å². The predicted octanol–water partition coefficient (Wildman–Crippen LogP) is 5.88. The third-order valence-electron chi connectivity index (χ3n) is 6.58. The van der Waals surface area contributed by atoms with E-state index < -0.39 is 17.5 Å². The van der Waals surface area contributed by atoms with Crippen molar-refractivity contribution in [3.63, 3.8) is 0 Å². The summed E-state index contributed by atoms with van der Waals surface area (Å²) in [5.41, 5.74) is 2.74. The number of anilines is 1. The zero-order chi connectivity index (χ0) is 21.7. The first-order valence-corrected chi connectivity index (χ1v) is 11.6. The van der Waals surface area contributed by atoms with E-state index in [9.17, 15) is 9.18 Å². The van der Waals surface area contributed by atoms with E-state index in [0.29, 0.717) is 6.54 Å². The summed E-state index contributed by atoms with van der Waals surface area (Å²) in [7, 11) is 0. The van der Waals surface area contributed by atoms with Gasteiger partial charge in [0.25, 0.3) is 0 Å². The zero-order valence-corrected chi connectivity index (χ0v) is 18.1. The molecular weight excluding hydrogens is 427 g/mol. The van der Waals surface area contributed by atoms with Crippen molar-refractivity contribution in [3.8, 4) is 10.6 Å². The van der Waals surface area contributed by atoms with E-state index in [4.69, 9.17) is 9.72 Å². The summed E-state index contributed by atoms with van der Waals surface area (Å²) >= 11 is 1.61. The fourth-order valence-corrected chi connectivity index (χ4v) is 5.51. The van der Waals surface area contributed by atoms with Gasteiger partial charge >= 0.3 is 6.09 Å². The third kappa shape index (κ3) is 3.26. The van der Waals surface area contributed by atoms with E-state index in [1.165, 1.54) is 11.0 Å². The van der Waals surface area contributed by atoms with Crippen molar-refractivity contribution in [2.24, 2.45) is 0 Å². The van der Waals surface area contributed by atoms with Crippen molar-refractivity contribution in [3.05, 3.63) is 65.7 Å². The number of hydrogen-bond acceptors (Lipinski definition) is 5. The van der Waals surface area contributed by atoms with Gasteiger partial charge in [-0.15, -0.1) is 11.3 Å². The largest absolute Gasteiger partial charge is 0.441 e. The summed E-state index contributed by atoms with van der Waals surface area (Å²) < 4.78 is 20.0. The van der Waals surface area contributed by atoms with Crippen LogP contribution < -0.4 is 4.90 Å². The van der Waals surface area contributed by atoms with Gasteiger partial charge in [-0.1, -0.05) is 12.1 Å². The molecule has 1 saturated heterocycles. The number of ether oxygens (including phenoxy) is 1. The number of hydrogen-bond donors (Lipinski definition) is 1. The third-order valence-corrected chi connectivity index (χ3v) is 7.40. The molecule has 2 aromatic heterocycles. The Morgan fingerprint density at radius 2 is 2.03 bits per heavy atom. The van der Waals surface area contributed by atoms with Crippen LogP contribution in [0.5, 0.6) is 0 Å². The van der Waals surface area contributed by atoms with E-state index in [1.807, 2.05) is 5.38 Å². The molecule has 2 aliphatic rings. The van der Waals surface area contributed by atoms with Crippen LogP contribution in [0.1, 0.15) is 37.4 Å². The molecular formula is C24H21FN4O2S. The van der Waals surface area contributed by atoms with Crippen LogP contribution >= 0.6 is 11.3 Å². The molecule has 1 amide bonds. The fourth-order valence-electron chi connectivity index (χ4n) is 4.87. The Balaban J connectivity index is 1.19. The van der Waals surface area contributed by atoms with Gasteiger partial charge in [-0.25, -0.2) is 19.2 Å². The Bertz CT molecular complexity index is 1290. The molecule has 0 bridgehead atoms. The Morgan fingerprint density at radius 1 is 1.19 bits per heavy atom.